The van der Waals surface area contributed by atoms with E-state index in [2.05, 4.69) is 45.0 Å². The third-order valence-corrected chi connectivity index (χ3v) is 10.8. The van der Waals surface area contributed by atoms with Gasteiger partial charge in [0.05, 0.1) is 6.61 Å². The molecule has 1 fully saturated rings. The zero-order chi connectivity index (χ0) is 24.2. The highest BCUT2D eigenvalue weighted by Gasteiger charge is 2.53. The van der Waals surface area contributed by atoms with Crippen molar-refractivity contribution in [3.05, 3.63) is 60.7 Å². The molecule has 8 heteroatoms. The van der Waals surface area contributed by atoms with E-state index in [0.29, 0.717) is 0 Å². The van der Waals surface area contributed by atoms with Gasteiger partial charge in [-0.05, 0) is 15.4 Å². The van der Waals surface area contributed by atoms with Crippen LogP contribution in [-0.2, 0) is 28.2 Å². The van der Waals surface area contributed by atoms with Crippen LogP contribution in [0.15, 0.2) is 60.7 Å². The molecule has 0 radical (unpaired) electrons. The zero-order valence-corrected chi connectivity index (χ0v) is 20.7. The van der Waals surface area contributed by atoms with Crippen molar-refractivity contribution in [2.24, 2.45) is 0 Å². The predicted octanol–water partition coefficient (Wildman–Crippen LogP) is 2.14. The van der Waals surface area contributed by atoms with Crippen LogP contribution in [0.5, 0.6) is 0 Å². The maximum atomic E-state index is 11.8. The van der Waals surface area contributed by atoms with Gasteiger partial charge in [-0.2, -0.15) is 0 Å². The van der Waals surface area contributed by atoms with Crippen LogP contribution in [0, 0.1) is 0 Å². The molecule has 1 aliphatic rings. The predicted molar refractivity (Wildman–Crippen MR) is 126 cm³/mol. The van der Waals surface area contributed by atoms with Gasteiger partial charge in [-0.3, -0.25) is 9.59 Å². The smallest absolute Gasteiger partial charge is 0.303 e. The van der Waals surface area contributed by atoms with Gasteiger partial charge in [0.2, 0.25) is 0 Å². The van der Waals surface area contributed by atoms with Crippen molar-refractivity contribution >= 4 is 30.6 Å². The van der Waals surface area contributed by atoms with Crippen LogP contribution in [0.25, 0.3) is 0 Å². The van der Waals surface area contributed by atoms with Gasteiger partial charge < -0.3 is 23.7 Å². The molecule has 1 N–H and O–H groups in total. The third kappa shape index (κ3) is 5.35. The number of ether oxygens (including phenoxy) is 3. The standard InChI is InChI=1S/C25H32O7Si/c1-17(26)30-22-21(32-24(28)23(22)31-18(2)27)16-29-33(25(3,4)5,19-12-8-6-9-13-19)20-14-10-7-11-15-20/h6-15,21-24,28H,16H2,1-5H3/t21-,22?,23?,24?/m1/s1. The minimum atomic E-state index is -2.87. The van der Waals surface area contributed by atoms with Crippen molar-refractivity contribution in [2.75, 3.05) is 6.61 Å². The summed E-state index contributed by atoms with van der Waals surface area (Å²) in [5.41, 5.74) is 0. The van der Waals surface area contributed by atoms with Crippen molar-refractivity contribution in [3.63, 3.8) is 0 Å². The van der Waals surface area contributed by atoms with Crippen LogP contribution in [0.1, 0.15) is 34.6 Å². The van der Waals surface area contributed by atoms with E-state index >= 15 is 0 Å². The van der Waals surface area contributed by atoms with Crippen molar-refractivity contribution in [1.29, 1.82) is 0 Å². The Morgan fingerprint density at radius 3 is 1.76 bits per heavy atom. The molecule has 178 valence electrons. The van der Waals surface area contributed by atoms with Gasteiger partial charge in [-0.15, -0.1) is 0 Å². The monoisotopic (exact) mass is 472 g/mol. The topological polar surface area (TPSA) is 91.3 Å². The van der Waals surface area contributed by atoms with E-state index < -0.39 is 44.9 Å². The molecule has 2 aromatic rings. The third-order valence-electron chi connectivity index (χ3n) is 5.77. The summed E-state index contributed by atoms with van der Waals surface area (Å²) in [5, 5.41) is 12.3. The fourth-order valence-electron chi connectivity index (χ4n) is 4.46. The summed E-state index contributed by atoms with van der Waals surface area (Å²) in [6.07, 6.45) is -4.35. The van der Waals surface area contributed by atoms with Gasteiger partial charge >= 0.3 is 11.9 Å². The number of carbonyl (C=O) groups excluding carboxylic acids is 2. The highest BCUT2D eigenvalue weighted by atomic mass is 28.4. The Morgan fingerprint density at radius 1 is 0.879 bits per heavy atom. The zero-order valence-electron chi connectivity index (χ0n) is 19.7. The molecule has 1 aliphatic heterocycles. The summed E-state index contributed by atoms with van der Waals surface area (Å²) in [6, 6.07) is 20.2. The Kier molecular flexibility index (Phi) is 7.74. The minimum Gasteiger partial charge on any atom is -0.455 e. The maximum Gasteiger partial charge on any atom is 0.303 e. The van der Waals surface area contributed by atoms with Crippen LogP contribution >= 0.6 is 0 Å². The van der Waals surface area contributed by atoms with E-state index in [1.807, 2.05) is 36.4 Å². The van der Waals surface area contributed by atoms with Gasteiger partial charge in [0.25, 0.3) is 8.32 Å². The Morgan fingerprint density at radius 2 is 1.33 bits per heavy atom. The number of carbonyl (C=O) groups is 2. The Hall–Kier alpha value is -2.52. The van der Waals surface area contributed by atoms with Crippen LogP contribution < -0.4 is 10.4 Å². The second-order valence-electron chi connectivity index (χ2n) is 9.19. The first-order valence-electron chi connectivity index (χ1n) is 11.0. The lowest BCUT2D eigenvalue weighted by Crippen LogP contribution is -2.67. The summed E-state index contributed by atoms with van der Waals surface area (Å²) >= 11 is 0. The molecule has 2 aromatic carbocycles. The number of benzene rings is 2. The molecule has 0 bridgehead atoms. The number of aliphatic hydroxyl groups excluding tert-OH is 1. The van der Waals surface area contributed by atoms with Gasteiger partial charge in [0.15, 0.2) is 18.5 Å². The summed E-state index contributed by atoms with van der Waals surface area (Å²) in [4.78, 5) is 23.3. The van der Waals surface area contributed by atoms with Gasteiger partial charge in [-0.1, -0.05) is 81.4 Å². The number of hydrogen-bond donors (Lipinski definition) is 1. The van der Waals surface area contributed by atoms with E-state index in [1.54, 1.807) is 0 Å². The van der Waals surface area contributed by atoms with Gasteiger partial charge in [-0.25, -0.2) is 0 Å². The van der Waals surface area contributed by atoms with E-state index in [1.165, 1.54) is 13.8 Å². The quantitative estimate of drug-likeness (QED) is 0.488. The van der Waals surface area contributed by atoms with Gasteiger partial charge in [0.1, 0.15) is 6.10 Å². The van der Waals surface area contributed by atoms with Crippen LogP contribution in [0.2, 0.25) is 5.04 Å². The van der Waals surface area contributed by atoms with Crippen molar-refractivity contribution in [1.82, 2.24) is 0 Å². The molecule has 0 spiro atoms. The second kappa shape index (κ2) is 10.2. The van der Waals surface area contributed by atoms with Gasteiger partial charge in [0, 0.05) is 13.8 Å². The molecule has 7 nitrogen and oxygen atoms in total. The first-order chi connectivity index (χ1) is 15.6. The fraction of sp³-hybridized carbons (Fsp3) is 0.440. The van der Waals surface area contributed by atoms with Crippen LogP contribution in [-0.4, -0.2) is 56.6 Å². The largest absolute Gasteiger partial charge is 0.455 e. The molecule has 0 aromatic heterocycles. The fourth-order valence-corrected chi connectivity index (χ4v) is 9.03. The van der Waals surface area contributed by atoms with Crippen LogP contribution in [0.3, 0.4) is 0 Å². The highest BCUT2D eigenvalue weighted by molar-refractivity contribution is 6.99. The lowest BCUT2D eigenvalue weighted by Gasteiger charge is -2.43. The Bertz CT molecular complexity index is 903. The molecule has 3 rings (SSSR count). The van der Waals surface area contributed by atoms with E-state index in [0.717, 1.165) is 10.4 Å². The molecule has 1 saturated heterocycles. The SMILES string of the molecule is CC(=O)OC1C(O)O[C@H](CO[Si](c2ccccc2)(c2ccccc2)C(C)(C)C)C1OC(C)=O. The van der Waals surface area contributed by atoms with E-state index in [4.69, 9.17) is 18.6 Å². The molecule has 4 atom stereocenters. The normalized spacial score (nSPS) is 23.2. The summed E-state index contributed by atoms with van der Waals surface area (Å²) in [6.45, 7) is 8.97. The molecule has 0 saturated carbocycles. The maximum absolute atomic E-state index is 11.8. The molecule has 33 heavy (non-hydrogen) atoms. The van der Waals surface area contributed by atoms with E-state index in [9.17, 15) is 14.7 Å². The lowest BCUT2D eigenvalue weighted by atomic mass is 10.1. The summed E-state index contributed by atoms with van der Waals surface area (Å²) < 4.78 is 23.1. The molecular weight excluding hydrogens is 440 g/mol. The first-order valence-corrected chi connectivity index (χ1v) is 12.9. The van der Waals surface area contributed by atoms with Crippen molar-refractivity contribution in [2.45, 2.75) is 64.3 Å². The molecule has 1 heterocycles. The van der Waals surface area contributed by atoms with Crippen molar-refractivity contribution in [3.8, 4) is 0 Å². The van der Waals surface area contributed by atoms with Crippen molar-refractivity contribution < 1.29 is 33.3 Å². The number of aliphatic hydroxyl groups is 1. The minimum absolute atomic E-state index is 0.0417. The second-order valence-corrected chi connectivity index (χ2v) is 13.5. The van der Waals surface area contributed by atoms with E-state index in [-0.39, 0.29) is 11.6 Å². The molecule has 0 amide bonds. The number of hydrogen-bond acceptors (Lipinski definition) is 7. The average molecular weight is 473 g/mol. The highest BCUT2D eigenvalue weighted by Crippen LogP contribution is 2.37. The Labute approximate surface area is 195 Å². The Balaban J connectivity index is 2.00. The summed E-state index contributed by atoms with van der Waals surface area (Å²) in [7, 11) is -2.87. The van der Waals surface area contributed by atoms with Crippen LogP contribution in [0.4, 0.5) is 0 Å². The summed E-state index contributed by atoms with van der Waals surface area (Å²) in [5.74, 6) is -1.17. The average Bonchev–Trinajstić information content (AvgIpc) is 3.02. The molecular formula is C25H32O7Si. The first kappa shape index (κ1) is 25.1. The molecule has 3 unspecified atom stereocenters. The lowest BCUT2D eigenvalue weighted by molar-refractivity contribution is -0.174. The number of rotatable bonds is 7. The number of esters is 2. The molecule has 0 aliphatic carbocycles.